The molecule has 0 spiro atoms. The van der Waals surface area contributed by atoms with E-state index < -0.39 is 0 Å². The Morgan fingerprint density at radius 3 is 3.00 bits per heavy atom. The molecule has 0 aliphatic carbocycles. The SMILES string of the molecule is CC(O)Cc1ccc[nH]1. The van der Waals surface area contributed by atoms with Crippen molar-refractivity contribution in [3.63, 3.8) is 0 Å². The first-order valence-electron chi connectivity index (χ1n) is 3.09. The summed E-state index contributed by atoms with van der Waals surface area (Å²) >= 11 is 0. The van der Waals surface area contributed by atoms with Gasteiger partial charge < -0.3 is 10.1 Å². The van der Waals surface area contributed by atoms with Crippen LogP contribution in [-0.4, -0.2) is 16.2 Å². The molecule has 2 heteroatoms. The zero-order valence-electron chi connectivity index (χ0n) is 5.46. The summed E-state index contributed by atoms with van der Waals surface area (Å²) in [5, 5.41) is 8.90. The number of hydrogen-bond acceptors (Lipinski definition) is 1. The predicted octanol–water partition coefficient (Wildman–Crippen LogP) is 0.938. The molecule has 0 bridgehead atoms. The molecule has 0 amide bonds. The van der Waals surface area contributed by atoms with E-state index in [1.165, 1.54) is 0 Å². The molecule has 1 heterocycles. The highest BCUT2D eigenvalue weighted by molar-refractivity contribution is 5.04. The molecular formula is C7H11NO. The Morgan fingerprint density at radius 1 is 1.78 bits per heavy atom. The van der Waals surface area contributed by atoms with Crippen LogP contribution in [0.25, 0.3) is 0 Å². The maximum atomic E-state index is 8.90. The zero-order valence-corrected chi connectivity index (χ0v) is 5.46. The fraction of sp³-hybridized carbons (Fsp3) is 0.429. The Labute approximate surface area is 54.5 Å². The van der Waals surface area contributed by atoms with Crippen LogP contribution >= 0.6 is 0 Å². The average molecular weight is 125 g/mol. The average Bonchev–Trinajstić information content (AvgIpc) is 2.15. The van der Waals surface area contributed by atoms with E-state index in [0.717, 1.165) is 5.69 Å². The van der Waals surface area contributed by atoms with E-state index in [0.29, 0.717) is 6.42 Å². The van der Waals surface area contributed by atoms with E-state index in [-0.39, 0.29) is 6.10 Å². The molecular weight excluding hydrogens is 114 g/mol. The van der Waals surface area contributed by atoms with Crippen LogP contribution in [-0.2, 0) is 6.42 Å². The quantitative estimate of drug-likeness (QED) is 0.606. The molecule has 9 heavy (non-hydrogen) atoms. The normalized spacial score (nSPS) is 13.6. The van der Waals surface area contributed by atoms with Gasteiger partial charge in [0.1, 0.15) is 0 Å². The second-order valence-electron chi connectivity index (χ2n) is 2.25. The summed E-state index contributed by atoms with van der Waals surface area (Å²) in [6.45, 7) is 1.78. The van der Waals surface area contributed by atoms with Gasteiger partial charge in [-0.25, -0.2) is 0 Å². The van der Waals surface area contributed by atoms with Gasteiger partial charge in [-0.15, -0.1) is 0 Å². The Morgan fingerprint density at radius 2 is 2.56 bits per heavy atom. The van der Waals surface area contributed by atoms with Crippen molar-refractivity contribution in [3.05, 3.63) is 24.0 Å². The summed E-state index contributed by atoms with van der Waals surface area (Å²) in [4.78, 5) is 3.01. The minimum atomic E-state index is -0.247. The smallest absolute Gasteiger partial charge is 0.0566 e. The van der Waals surface area contributed by atoms with Gasteiger partial charge in [0.15, 0.2) is 0 Å². The fourth-order valence-electron chi connectivity index (χ4n) is 0.813. The zero-order chi connectivity index (χ0) is 6.69. The lowest BCUT2D eigenvalue weighted by Gasteiger charge is -1.98. The minimum absolute atomic E-state index is 0.247. The fourth-order valence-corrected chi connectivity index (χ4v) is 0.813. The van der Waals surface area contributed by atoms with Crippen molar-refractivity contribution < 1.29 is 5.11 Å². The van der Waals surface area contributed by atoms with E-state index in [1.807, 2.05) is 18.3 Å². The lowest BCUT2D eigenvalue weighted by Crippen LogP contribution is -2.03. The molecule has 1 aromatic rings. The Kier molecular flexibility index (Phi) is 1.90. The molecule has 0 fully saturated rings. The molecule has 0 aromatic carbocycles. The molecule has 2 N–H and O–H groups in total. The van der Waals surface area contributed by atoms with Gasteiger partial charge in [0.25, 0.3) is 0 Å². The van der Waals surface area contributed by atoms with Crippen molar-refractivity contribution in [1.29, 1.82) is 0 Å². The number of aromatic nitrogens is 1. The van der Waals surface area contributed by atoms with E-state index >= 15 is 0 Å². The summed E-state index contributed by atoms with van der Waals surface area (Å²) < 4.78 is 0. The Balaban J connectivity index is 2.48. The molecule has 1 aromatic heterocycles. The number of nitrogens with one attached hydrogen (secondary N) is 1. The molecule has 0 saturated carbocycles. The number of H-pyrrole nitrogens is 1. The largest absolute Gasteiger partial charge is 0.393 e. The third-order valence-corrected chi connectivity index (χ3v) is 1.18. The Bertz CT molecular complexity index is 155. The highest BCUT2D eigenvalue weighted by Gasteiger charge is 1.96. The van der Waals surface area contributed by atoms with Gasteiger partial charge in [0.2, 0.25) is 0 Å². The highest BCUT2D eigenvalue weighted by Crippen LogP contribution is 1.98. The Hall–Kier alpha value is -0.760. The van der Waals surface area contributed by atoms with Crippen molar-refractivity contribution in [1.82, 2.24) is 4.98 Å². The summed E-state index contributed by atoms with van der Waals surface area (Å²) in [6, 6.07) is 3.89. The van der Waals surface area contributed by atoms with Gasteiger partial charge in [-0.2, -0.15) is 0 Å². The number of hydrogen-bond donors (Lipinski definition) is 2. The van der Waals surface area contributed by atoms with Crippen molar-refractivity contribution >= 4 is 0 Å². The van der Waals surface area contributed by atoms with Gasteiger partial charge in [-0.3, -0.25) is 0 Å². The van der Waals surface area contributed by atoms with E-state index in [2.05, 4.69) is 4.98 Å². The van der Waals surface area contributed by atoms with Crippen molar-refractivity contribution in [2.75, 3.05) is 0 Å². The molecule has 2 nitrogen and oxygen atoms in total. The first-order valence-corrected chi connectivity index (χ1v) is 3.09. The number of aromatic amines is 1. The lowest BCUT2D eigenvalue weighted by atomic mass is 10.2. The highest BCUT2D eigenvalue weighted by atomic mass is 16.3. The molecule has 0 aliphatic rings. The van der Waals surface area contributed by atoms with Crippen LogP contribution in [0.15, 0.2) is 18.3 Å². The molecule has 1 unspecified atom stereocenters. The van der Waals surface area contributed by atoms with Gasteiger partial charge in [0, 0.05) is 18.3 Å². The van der Waals surface area contributed by atoms with Crippen molar-refractivity contribution in [2.24, 2.45) is 0 Å². The van der Waals surface area contributed by atoms with Crippen LogP contribution < -0.4 is 0 Å². The standard InChI is InChI=1S/C7H11NO/c1-6(9)5-7-3-2-4-8-7/h2-4,6,8-9H,5H2,1H3. The van der Waals surface area contributed by atoms with Crippen LogP contribution in [0.2, 0.25) is 0 Å². The molecule has 1 atom stereocenters. The summed E-state index contributed by atoms with van der Waals surface area (Å²) in [7, 11) is 0. The van der Waals surface area contributed by atoms with Gasteiger partial charge in [-0.05, 0) is 19.1 Å². The first kappa shape index (κ1) is 6.36. The topological polar surface area (TPSA) is 36.0 Å². The van der Waals surface area contributed by atoms with Crippen LogP contribution in [0.5, 0.6) is 0 Å². The number of rotatable bonds is 2. The summed E-state index contributed by atoms with van der Waals surface area (Å²) in [5.74, 6) is 0. The maximum Gasteiger partial charge on any atom is 0.0566 e. The summed E-state index contributed by atoms with van der Waals surface area (Å²) in [6.07, 6.45) is 2.33. The van der Waals surface area contributed by atoms with Crippen molar-refractivity contribution in [3.8, 4) is 0 Å². The van der Waals surface area contributed by atoms with Crippen LogP contribution in [0.3, 0.4) is 0 Å². The van der Waals surface area contributed by atoms with Crippen LogP contribution in [0.4, 0.5) is 0 Å². The molecule has 0 saturated heterocycles. The number of aliphatic hydroxyl groups excluding tert-OH is 1. The van der Waals surface area contributed by atoms with Gasteiger partial charge in [-0.1, -0.05) is 0 Å². The first-order chi connectivity index (χ1) is 4.29. The van der Waals surface area contributed by atoms with E-state index in [1.54, 1.807) is 6.92 Å². The van der Waals surface area contributed by atoms with E-state index in [4.69, 9.17) is 5.11 Å². The second kappa shape index (κ2) is 2.69. The number of aliphatic hydroxyl groups is 1. The van der Waals surface area contributed by atoms with Crippen LogP contribution in [0, 0.1) is 0 Å². The third-order valence-electron chi connectivity index (χ3n) is 1.18. The van der Waals surface area contributed by atoms with Crippen LogP contribution in [0.1, 0.15) is 12.6 Å². The van der Waals surface area contributed by atoms with E-state index in [9.17, 15) is 0 Å². The third kappa shape index (κ3) is 1.90. The molecule has 0 aliphatic heterocycles. The lowest BCUT2D eigenvalue weighted by molar-refractivity contribution is 0.194. The minimum Gasteiger partial charge on any atom is -0.393 e. The summed E-state index contributed by atoms with van der Waals surface area (Å²) in [5.41, 5.74) is 1.09. The molecule has 0 radical (unpaired) electrons. The monoisotopic (exact) mass is 125 g/mol. The maximum absolute atomic E-state index is 8.90. The van der Waals surface area contributed by atoms with Gasteiger partial charge in [0.05, 0.1) is 6.10 Å². The molecule has 50 valence electrons. The van der Waals surface area contributed by atoms with Crippen molar-refractivity contribution in [2.45, 2.75) is 19.4 Å². The molecule has 1 rings (SSSR count). The predicted molar refractivity (Wildman–Crippen MR) is 36.2 cm³/mol. The van der Waals surface area contributed by atoms with Gasteiger partial charge >= 0.3 is 0 Å². The second-order valence-corrected chi connectivity index (χ2v) is 2.25.